The lowest BCUT2D eigenvalue weighted by atomic mass is 10.1. The van der Waals surface area contributed by atoms with E-state index in [1.54, 1.807) is 12.3 Å². The molecule has 1 heterocycles. The minimum Gasteiger partial charge on any atom is -0.478 e. The van der Waals surface area contributed by atoms with Crippen LogP contribution in [0.5, 0.6) is 0 Å². The van der Waals surface area contributed by atoms with E-state index in [1.165, 1.54) is 23.5 Å². The zero-order valence-electron chi connectivity index (χ0n) is 10.8. The second-order valence-electron chi connectivity index (χ2n) is 4.12. The van der Waals surface area contributed by atoms with Crippen molar-refractivity contribution in [3.05, 3.63) is 45.4 Å². The average molecular weight is 306 g/mol. The SMILES string of the molecule is Cc1nc(C(=O)Nc2cc(C(=O)O)cc(C(=O)O)c2)cs1. The molecule has 0 bridgehead atoms. The van der Waals surface area contributed by atoms with Gasteiger partial charge in [-0.1, -0.05) is 0 Å². The summed E-state index contributed by atoms with van der Waals surface area (Å²) >= 11 is 1.30. The quantitative estimate of drug-likeness (QED) is 0.796. The summed E-state index contributed by atoms with van der Waals surface area (Å²) in [7, 11) is 0. The first-order valence-electron chi connectivity index (χ1n) is 5.72. The first kappa shape index (κ1) is 14.7. The van der Waals surface area contributed by atoms with Crippen LogP contribution >= 0.6 is 11.3 Å². The van der Waals surface area contributed by atoms with E-state index in [4.69, 9.17) is 10.2 Å². The van der Waals surface area contributed by atoms with Crippen LogP contribution in [0.3, 0.4) is 0 Å². The van der Waals surface area contributed by atoms with Crippen LogP contribution in [-0.4, -0.2) is 33.0 Å². The Hall–Kier alpha value is -2.74. The second-order valence-corrected chi connectivity index (χ2v) is 5.18. The Bertz CT molecular complexity index is 706. The van der Waals surface area contributed by atoms with Crippen LogP contribution in [0.15, 0.2) is 23.6 Å². The van der Waals surface area contributed by atoms with Crippen molar-refractivity contribution >= 4 is 34.9 Å². The molecule has 0 unspecified atom stereocenters. The highest BCUT2D eigenvalue weighted by atomic mass is 32.1. The molecular formula is C13H10N2O5S. The number of thiazole rings is 1. The molecule has 21 heavy (non-hydrogen) atoms. The molecule has 2 aromatic rings. The van der Waals surface area contributed by atoms with E-state index in [-0.39, 0.29) is 22.5 Å². The number of carbonyl (C=O) groups excluding carboxylic acids is 1. The fourth-order valence-corrected chi connectivity index (χ4v) is 2.20. The molecule has 0 saturated carbocycles. The minimum atomic E-state index is -1.28. The third-order valence-electron chi connectivity index (χ3n) is 2.54. The highest BCUT2D eigenvalue weighted by Crippen LogP contribution is 2.17. The van der Waals surface area contributed by atoms with Crippen molar-refractivity contribution in [1.82, 2.24) is 4.98 Å². The molecule has 0 atom stereocenters. The van der Waals surface area contributed by atoms with Gasteiger partial charge in [0.25, 0.3) is 5.91 Å². The number of carboxylic acids is 2. The van der Waals surface area contributed by atoms with Gasteiger partial charge in [-0.3, -0.25) is 4.79 Å². The van der Waals surface area contributed by atoms with E-state index in [0.717, 1.165) is 6.07 Å². The maximum atomic E-state index is 11.9. The van der Waals surface area contributed by atoms with E-state index >= 15 is 0 Å². The zero-order chi connectivity index (χ0) is 15.6. The number of aryl methyl sites for hydroxylation is 1. The molecule has 1 aromatic heterocycles. The van der Waals surface area contributed by atoms with E-state index in [2.05, 4.69) is 10.3 Å². The van der Waals surface area contributed by atoms with Crippen molar-refractivity contribution in [3.8, 4) is 0 Å². The Kier molecular flexibility index (Phi) is 3.99. The number of benzene rings is 1. The zero-order valence-corrected chi connectivity index (χ0v) is 11.6. The molecule has 8 heteroatoms. The Morgan fingerprint density at radius 3 is 2.10 bits per heavy atom. The van der Waals surface area contributed by atoms with Crippen molar-refractivity contribution in [1.29, 1.82) is 0 Å². The average Bonchev–Trinajstić information content (AvgIpc) is 2.85. The van der Waals surface area contributed by atoms with Crippen LogP contribution in [0.4, 0.5) is 5.69 Å². The topological polar surface area (TPSA) is 117 Å². The number of nitrogens with zero attached hydrogens (tertiary/aromatic N) is 1. The molecule has 2 rings (SSSR count). The smallest absolute Gasteiger partial charge is 0.335 e. The standard InChI is InChI=1S/C13H10N2O5S/c1-6-14-10(5-21-6)11(16)15-9-3-7(12(17)18)2-8(4-9)13(19)20/h2-5H,1H3,(H,15,16)(H,17,18)(H,19,20). The van der Waals surface area contributed by atoms with Crippen molar-refractivity contribution < 1.29 is 24.6 Å². The normalized spacial score (nSPS) is 10.1. The van der Waals surface area contributed by atoms with E-state index in [0.29, 0.717) is 5.01 Å². The Morgan fingerprint density at radius 2 is 1.67 bits per heavy atom. The van der Waals surface area contributed by atoms with Crippen molar-refractivity contribution in [3.63, 3.8) is 0 Å². The number of hydrogen-bond donors (Lipinski definition) is 3. The fourth-order valence-electron chi connectivity index (χ4n) is 1.61. The Balaban J connectivity index is 2.32. The number of aromatic nitrogens is 1. The largest absolute Gasteiger partial charge is 0.478 e. The van der Waals surface area contributed by atoms with Crippen LogP contribution in [0, 0.1) is 6.92 Å². The fraction of sp³-hybridized carbons (Fsp3) is 0.0769. The third-order valence-corrected chi connectivity index (χ3v) is 3.31. The van der Waals surface area contributed by atoms with E-state index in [1.807, 2.05) is 0 Å². The summed E-state index contributed by atoms with van der Waals surface area (Å²) in [6.07, 6.45) is 0. The van der Waals surface area contributed by atoms with E-state index < -0.39 is 17.8 Å². The molecule has 1 aromatic carbocycles. The number of anilines is 1. The predicted octanol–water partition coefficient (Wildman–Crippen LogP) is 2.10. The lowest BCUT2D eigenvalue weighted by Gasteiger charge is -2.06. The number of amides is 1. The molecule has 0 fully saturated rings. The molecule has 108 valence electrons. The minimum absolute atomic E-state index is 0.0861. The molecular weight excluding hydrogens is 296 g/mol. The van der Waals surface area contributed by atoms with Crippen LogP contribution in [0.1, 0.15) is 36.2 Å². The lowest BCUT2D eigenvalue weighted by Crippen LogP contribution is -2.14. The van der Waals surface area contributed by atoms with Gasteiger partial charge in [-0.2, -0.15) is 0 Å². The summed E-state index contributed by atoms with van der Waals surface area (Å²) in [6, 6.07) is 3.39. The van der Waals surface area contributed by atoms with Gasteiger partial charge in [0, 0.05) is 11.1 Å². The molecule has 0 aliphatic rings. The van der Waals surface area contributed by atoms with Gasteiger partial charge < -0.3 is 15.5 Å². The van der Waals surface area contributed by atoms with Gasteiger partial charge in [-0.05, 0) is 25.1 Å². The van der Waals surface area contributed by atoms with Gasteiger partial charge in [0.1, 0.15) is 5.69 Å². The molecule has 0 aliphatic carbocycles. The molecule has 7 nitrogen and oxygen atoms in total. The molecule has 0 aliphatic heterocycles. The van der Waals surface area contributed by atoms with Crippen LogP contribution < -0.4 is 5.32 Å². The highest BCUT2D eigenvalue weighted by Gasteiger charge is 2.14. The molecule has 0 saturated heterocycles. The summed E-state index contributed by atoms with van der Waals surface area (Å²) in [5.41, 5.74) is -0.169. The highest BCUT2D eigenvalue weighted by molar-refractivity contribution is 7.09. The molecule has 3 N–H and O–H groups in total. The van der Waals surface area contributed by atoms with Gasteiger partial charge in [-0.15, -0.1) is 11.3 Å². The first-order chi connectivity index (χ1) is 9.86. The molecule has 1 amide bonds. The monoisotopic (exact) mass is 306 g/mol. The Morgan fingerprint density at radius 1 is 1.10 bits per heavy atom. The van der Waals surface area contributed by atoms with Crippen molar-refractivity contribution in [2.24, 2.45) is 0 Å². The van der Waals surface area contributed by atoms with E-state index in [9.17, 15) is 14.4 Å². The van der Waals surface area contributed by atoms with Gasteiger partial charge >= 0.3 is 11.9 Å². The summed E-state index contributed by atoms with van der Waals surface area (Å²) in [6.45, 7) is 1.75. The van der Waals surface area contributed by atoms with Gasteiger partial charge in [0.05, 0.1) is 16.1 Å². The maximum absolute atomic E-state index is 11.9. The summed E-state index contributed by atoms with van der Waals surface area (Å²) < 4.78 is 0. The second kappa shape index (κ2) is 5.71. The van der Waals surface area contributed by atoms with Crippen molar-refractivity contribution in [2.75, 3.05) is 5.32 Å². The van der Waals surface area contributed by atoms with Crippen LogP contribution in [-0.2, 0) is 0 Å². The van der Waals surface area contributed by atoms with Crippen LogP contribution in [0.2, 0.25) is 0 Å². The number of hydrogen-bond acceptors (Lipinski definition) is 5. The van der Waals surface area contributed by atoms with Crippen molar-refractivity contribution in [2.45, 2.75) is 6.92 Å². The van der Waals surface area contributed by atoms with Crippen LogP contribution in [0.25, 0.3) is 0 Å². The number of nitrogens with one attached hydrogen (secondary N) is 1. The summed E-state index contributed by atoms with van der Waals surface area (Å²) in [5.74, 6) is -3.09. The third kappa shape index (κ3) is 3.42. The Labute approximate surface area is 122 Å². The number of carbonyl (C=O) groups is 3. The summed E-state index contributed by atoms with van der Waals surface area (Å²) in [4.78, 5) is 37.9. The number of carboxylic acid groups (broad SMARTS) is 2. The predicted molar refractivity (Wildman–Crippen MR) is 75.2 cm³/mol. The van der Waals surface area contributed by atoms with Gasteiger partial charge in [0.2, 0.25) is 0 Å². The molecule has 0 spiro atoms. The van der Waals surface area contributed by atoms with Gasteiger partial charge in [-0.25, -0.2) is 14.6 Å². The summed E-state index contributed by atoms with van der Waals surface area (Å²) in [5, 5.41) is 22.6. The lowest BCUT2D eigenvalue weighted by molar-refractivity contribution is 0.0696. The maximum Gasteiger partial charge on any atom is 0.335 e. The number of rotatable bonds is 4. The van der Waals surface area contributed by atoms with Gasteiger partial charge in [0.15, 0.2) is 0 Å². The molecule has 0 radical (unpaired) electrons. The number of aromatic carboxylic acids is 2. The first-order valence-corrected chi connectivity index (χ1v) is 6.60.